The molecule has 5 aromatic rings. The molecule has 1 saturated heterocycles. The van der Waals surface area contributed by atoms with E-state index >= 15 is 0 Å². The summed E-state index contributed by atoms with van der Waals surface area (Å²) in [5.74, 6) is 0.600. The standard InChI is InChI=1S/C28H26FN5O3/c1-36-27-6-2-5-22(29)21(27)16-34-11-3-4-17(15-34)12-26(35)18-7-9-23-20(13-18)28(31-30-23)19-8-10-24-25(14-19)33-37-32-24/h2,5-10,13-14,17H,3-4,11-12,15-16H2,1H3,(H,30,31)/t17-/m0/s1. The Kier molecular flexibility index (Phi) is 6.13. The number of halogens is 1. The van der Waals surface area contributed by atoms with Crippen molar-refractivity contribution in [2.24, 2.45) is 5.92 Å². The highest BCUT2D eigenvalue weighted by Gasteiger charge is 2.25. The van der Waals surface area contributed by atoms with Crippen LogP contribution in [0.1, 0.15) is 35.2 Å². The number of aromatic nitrogens is 4. The van der Waals surface area contributed by atoms with E-state index in [1.54, 1.807) is 19.2 Å². The van der Waals surface area contributed by atoms with Gasteiger partial charge in [-0.15, -0.1) is 0 Å². The number of carbonyl (C=O) groups is 1. The molecule has 1 aliphatic rings. The predicted molar refractivity (Wildman–Crippen MR) is 137 cm³/mol. The number of methoxy groups -OCH3 is 1. The van der Waals surface area contributed by atoms with Crippen LogP contribution in [0.25, 0.3) is 33.2 Å². The minimum Gasteiger partial charge on any atom is -0.496 e. The van der Waals surface area contributed by atoms with Gasteiger partial charge in [0.25, 0.3) is 0 Å². The number of carbonyl (C=O) groups excluding carboxylic acids is 1. The van der Waals surface area contributed by atoms with Gasteiger partial charge >= 0.3 is 0 Å². The summed E-state index contributed by atoms with van der Waals surface area (Å²) in [6.07, 6.45) is 2.39. The molecule has 3 heterocycles. The largest absolute Gasteiger partial charge is 0.496 e. The number of nitrogens with zero attached hydrogens (tertiary/aromatic N) is 4. The Morgan fingerprint density at radius 2 is 2.05 bits per heavy atom. The average molecular weight is 500 g/mol. The molecule has 9 heteroatoms. The highest BCUT2D eigenvalue weighted by Crippen LogP contribution is 2.31. The van der Waals surface area contributed by atoms with Crippen molar-refractivity contribution >= 4 is 27.7 Å². The van der Waals surface area contributed by atoms with E-state index in [2.05, 4.69) is 25.4 Å². The quantitative estimate of drug-likeness (QED) is 0.300. The van der Waals surface area contributed by atoms with Crippen molar-refractivity contribution in [3.8, 4) is 17.0 Å². The molecule has 0 spiro atoms. The number of ketones is 1. The van der Waals surface area contributed by atoms with E-state index < -0.39 is 0 Å². The van der Waals surface area contributed by atoms with Crippen LogP contribution >= 0.6 is 0 Å². The molecule has 1 N–H and O–H groups in total. The smallest absolute Gasteiger partial charge is 0.163 e. The second-order valence-electron chi connectivity index (χ2n) is 9.59. The summed E-state index contributed by atoms with van der Waals surface area (Å²) in [6.45, 7) is 2.09. The van der Waals surface area contributed by atoms with Crippen molar-refractivity contribution in [3.63, 3.8) is 0 Å². The first-order valence-electron chi connectivity index (χ1n) is 12.4. The van der Waals surface area contributed by atoms with E-state index in [9.17, 15) is 9.18 Å². The fourth-order valence-corrected chi connectivity index (χ4v) is 5.29. The van der Waals surface area contributed by atoms with Crippen LogP contribution in [-0.2, 0) is 6.54 Å². The van der Waals surface area contributed by atoms with Gasteiger partial charge in [0.05, 0.1) is 18.3 Å². The number of hydrogen-bond acceptors (Lipinski definition) is 7. The van der Waals surface area contributed by atoms with Crippen LogP contribution < -0.4 is 4.74 Å². The second-order valence-corrected chi connectivity index (χ2v) is 9.59. The Morgan fingerprint density at radius 3 is 2.95 bits per heavy atom. The number of fused-ring (bicyclic) bond motifs is 2. The van der Waals surface area contributed by atoms with Crippen molar-refractivity contribution in [1.82, 2.24) is 25.4 Å². The zero-order valence-corrected chi connectivity index (χ0v) is 20.4. The number of ether oxygens (including phenoxy) is 1. The van der Waals surface area contributed by atoms with Crippen molar-refractivity contribution in [3.05, 3.63) is 71.5 Å². The Labute approximate surface area is 212 Å². The van der Waals surface area contributed by atoms with Crippen LogP contribution in [-0.4, -0.2) is 51.4 Å². The van der Waals surface area contributed by atoms with Gasteiger partial charge in [-0.1, -0.05) is 12.1 Å². The van der Waals surface area contributed by atoms with Gasteiger partial charge in [-0.2, -0.15) is 5.10 Å². The van der Waals surface area contributed by atoms with E-state index in [-0.39, 0.29) is 17.5 Å². The zero-order chi connectivity index (χ0) is 25.4. The number of aromatic amines is 1. The van der Waals surface area contributed by atoms with Gasteiger partial charge in [-0.3, -0.25) is 14.8 Å². The number of benzene rings is 3. The van der Waals surface area contributed by atoms with Crippen LogP contribution in [0.4, 0.5) is 4.39 Å². The van der Waals surface area contributed by atoms with Gasteiger partial charge in [0.1, 0.15) is 22.6 Å². The third kappa shape index (κ3) is 4.58. The third-order valence-electron chi connectivity index (χ3n) is 7.17. The van der Waals surface area contributed by atoms with Gasteiger partial charge in [0.2, 0.25) is 0 Å². The molecule has 3 aromatic carbocycles. The molecule has 0 saturated carbocycles. The molecule has 188 valence electrons. The van der Waals surface area contributed by atoms with Gasteiger partial charge < -0.3 is 4.74 Å². The molecule has 0 unspecified atom stereocenters. The molecule has 1 fully saturated rings. The van der Waals surface area contributed by atoms with E-state index in [0.29, 0.717) is 40.9 Å². The Balaban J connectivity index is 1.19. The Bertz CT molecular complexity index is 1590. The number of likely N-dealkylation sites (tertiary alicyclic amines) is 1. The molecule has 0 aliphatic carbocycles. The van der Waals surface area contributed by atoms with Gasteiger partial charge in [0, 0.05) is 41.6 Å². The first kappa shape index (κ1) is 23.3. The molecule has 1 atom stereocenters. The molecule has 0 radical (unpaired) electrons. The van der Waals surface area contributed by atoms with Crippen molar-refractivity contribution < 1.29 is 18.6 Å². The maximum absolute atomic E-state index is 14.5. The van der Waals surface area contributed by atoms with Crippen LogP contribution in [0.5, 0.6) is 5.75 Å². The molecule has 0 bridgehead atoms. The van der Waals surface area contributed by atoms with Crippen LogP contribution in [0, 0.1) is 11.7 Å². The third-order valence-corrected chi connectivity index (χ3v) is 7.17. The lowest BCUT2D eigenvalue weighted by Gasteiger charge is -2.32. The van der Waals surface area contributed by atoms with Gasteiger partial charge in [0.15, 0.2) is 5.78 Å². The van der Waals surface area contributed by atoms with Crippen molar-refractivity contribution in [2.45, 2.75) is 25.8 Å². The summed E-state index contributed by atoms with van der Waals surface area (Å²) in [5, 5.41) is 16.2. The molecule has 2 aromatic heterocycles. The molecule has 1 aliphatic heterocycles. The summed E-state index contributed by atoms with van der Waals surface area (Å²) >= 11 is 0. The summed E-state index contributed by atoms with van der Waals surface area (Å²) in [7, 11) is 1.56. The van der Waals surface area contributed by atoms with Crippen molar-refractivity contribution in [2.75, 3.05) is 20.2 Å². The van der Waals surface area contributed by atoms with Crippen LogP contribution in [0.15, 0.2) is 59.2 Å². The van der Waals surface area contributed by atoms with E-state index in [0.717, 1.165) is 48.1 Å². The normalized spacial score (nSPS) is 16.4. The highest BCUT2D eigenvalue weighted by molar-refractivity contribution is 6.03. The summed E-state index contributed by atoms with van der Waals surface area (Å²) in [6, 6.07) is 16.2. The maximum Gasteiger partial charge on any atom is 0.163 e. The summed E-state index contributed by atoms with van der Waals surface area (Å²) in [4.78, 5) is 15.5. The van der Waals surface area contributed by atoms with Crippen LogP contribution in [0.3, 0.4) is 0 Å². The van der Waals surface area contributed by atoms with Crippen molar-refractivity contribution in [1.29, 1.82) is 0 Å². The molecule has 6 rings (SSSR count). The molecule has 8 nitrogen and oxygen atoms in total. The fourth-order valence-electron chi connectivity index (χ4n) is 5.29. The Morgan fingerprint density at radius 1 is 1.16 bits per heavy atom. The monoisotopic (exact) mass is 499 g/mol. The van der Waals surface area contributed by atoms with Gasteiger partial charge in [-0.25, -0.2) is 9.02 Å². The number of rotatable bonds is 7. The predicted octanol–water partition coefficient (Wildman–Crippen LogP) is 5.40. The average Bonchev–Trinajstić information content (AvgIpc) is 3.56. The number of hydrogen-bond donors (Lipinski definition) is 1. The first-order chi connectivity index (χ1) is 18.1. The molecule has 0 amide bonds. The van der Waals surface area contributed by atoms with Crippen LogP contribution in [0.2, 0.25) is 0 Å². The first-order valence-corrected chi connectivity index (χ1v) is 12.4. The number of Topliss-reactive ketones (excluding diaryl/α,β-unsaturated/α-hetero) is 1. The second kappa shape index (κ2) is 9.74. The van der Waals surface area contributed by atoms with E-state index in [1.165, 1.54) is 6.07 Å². The molecule has 37 heavy (non-hydrogen) atoms. The minimum atomic E-state index is -0.263. The molecular weight excluding hydrogens is 473 g/mol. The summed E-state index contributed by atoms with van der Waals surface area (Å²) < 4.78 is 24.6. The number of H-pyrrole nitrogens is 1. The number of nitrogens with one attached hydrogen (secondary N) is 1. The topological polar surface area (TPSA) is 97.1 Å². The maximum atomic E-state index is 14.5. The highest BCUT2D eigenvalue weighted by atomic mass is 19.1. The number of piperidine rings is 1. The van der Waals surface area contributed by atoms with E-state index in [4.69, 9.17) is 9.37 Å². The lowest BCUT2D eigenvalue weighted by molar-refractivity contribution is 0.0911. The lowest BCUT2D eigenvalue weighted by atomic mass is 9.90. The zero-order valence-electron chi connectivity index (χ0n) is 20.4. The molecular formula is C28H26FN5O3. The van der Waals surface area contributed by atoms with Gasteiger partial charge in [-0.05, 0) is 78.1 Å². The van der Waals surface area contributed by atoms with E-state index in [1.807, 2.05) is 36.4 Å². The summed E-state index contributed by atoms with van der Waals surface area (Å²) in [5.41, 5.74) is 5.02. The lowest BCUT2D eigenvalue weighted by Crippen LogP contribution is -2.36. The SMILES string of the molecule is COc1cccc(F)c1CN1CCC[C@@H](CC(=O)c2ccc3[nH]nc(-c4ccc5nonc5c4)c3c2)C1. The Hall–Kier alpha value is -4.11. The minimum absolute atomic E-state index is 0.0977. The fraction of sp³-hybridized carbons (Fsp3) is 0.286.